The topological polar surface area (TPSA) is 67.8 Å². The third kappa shape index (κ3) is 2.10. The molecule has 3 nitrogen and oxygen atoms in total. The molecule has 0 spiro atoms. The molecule has 0 saturated carbocycles. The Balaban J connectivity index is 3.02. The number of hydrogen-bond donors (Lipinski definition) is 1. The molecule has 1 N–H and O–H groups in total. The van der Waals surface area contributed by atoms with E-state index in [9.17, 15) is 5.11 Å². The molecule has 0 heterocycles. The average Bonchev–Trinajstić information content (AvgIpc) is 2.20. The van der Waals surface area contributed by atoms with Crippen molar-refractivity contribution in [2.24, 2.45) is 0 Å². The van der Waals surface area contributed by atoms with E-state index in [0.29, 0.717) is 5.56 Å². The van der Waals surface area contributed by atoms with E-state index in [1.54, 1.807) is 24.3 Å². The molecule has 1 aromatic carbocycles. The zero-order chi connectivity index (χ0) is 10.4. The van der Waals surface area contributed by atoms with E-state index in [4.69, 9.17) is 10.5 Å². The smallest absolute Gasteiger partial charge is 0.115 e. The number of nitrogens with zero attached hydrogens (tertiary/aromatic N) is 2. The van der Waals surface area contributed by atoms with Crippen molar-refractivity contribution in [2.75, 3.05) is 0 Å². The minimum Gasteiger partial charge on any atom is -0.383 e. The van der Waals surface area contributed by atoms with Gasteiger partial charge in [-0.3, -0.25) is 0 Å². The Hall–Kier alpha value is -1.84. The Morgan fingerprint density at radius 1 is 1.07 bits per heavy atom. The van der Waals surface area contributed by atoms with Crippen molar-refractivity contribution in [3.05, 3.63) is 35.9 Å². The maximum absolute atomic E-state index is 10.0. The molecule has 3 heteroatoms. The molecule has 0 aliphatic heterocycles. The largest absolute Gasteiger partial charge is 0.383 e. The molecule has 0 saturated heterocycles. The van der Waals surface area contributed by atoms with E-state index in [2.05, 4.69) is 0 Å². The fraction of sp³-hybridized carbons (Fsp3) is 0.273. The monoisotopic (exact) mass is 186 g/mol. The molecule has 0 aromatic heterocycles. The Morgan fingerprint density at radius 2 is 1.57 bits per heavy atom. The maximum Gasteiger partial charge on any atom is 0.115 e. The highest BCUT2D eigenvalue weighted by atomic mass is 16.3. The SMILES string of the molecule is N#CCC(O)(CC#N)c1ccccc1. The number of nitriles is 2. The lowest BCUT2D eigenvalue weighted by atomic mass is 9.88. The summed E-state index contributed by atoms with van der Waals surface area (Å²) in [4.78, 5) is 0. The molecule has 14 heavy (non-hydrogen) atoms. The van der Waals surface area contributed by atoms with Crippen LogP contribution in [0, 0.1) is 22.7 Å². The fourth-order valence-corrected chi connectivity index (χ4v) is 1.28. The molecule has 0 bridgehead atoms. The van der Waals surface area contributed by atoms with Gasteiger partial charge in [-0.1, -0.05) is 30.3 Å². The summed E-state index contributed by atoms with van der Waals surface area (Å²) in [5.41, 5.74) is -0.715. The van der Waals surface area contributed by atoms with Crippen LogP contribution in [-0.2, 0) is 5.60 Å². The van der Waals surface area contributed by atoms with Crippen molar-refractivity contribution in [1.82, 2.24) is 0 Å². The molecule has 0 radical (unpaired) electrons. The molecule has 0 amide bonds. The third-order valence-corrected chi connectivity index (χ3v) is 2.05. The summed E-state index contributed by atoms with van der Waals surface area (Å²) in [6.07, 6.45) is -0.130. The quantitative estimate of drug-likeness (QED) is 0.781. The number of rotatable bonds is 3. The van der Waals surface area contributed by atoms with Gasteiger partial charge in [-0.25, -0.2) is 0 Å². The molecule has 0 aliphatic rings. The zero-order valence-corrected chi connectivity index (χ0v) is 7.64. The minimum atomic E-state index is -1.33. The highest BCUT2D eigenvalue weighted by molar-refractivity contribution is 5.24. The van der Waals surface area contributed by atoms with Crippen LogP contribution in [0.4, 0.5) is 0 Å². The van der Waals surface area contributed by atoms with Gasteiger partial charge in [0.15, 0.2) is 0 Å². The van der Waals surface area contributed by atoms with Gasteiger partial charge in [-0.2, -0.15) is 10.5 Å². The molecule has 1 rings (SSSR count). The predicted molar refractivity (Wildman–Crippen MR) is 50.8 cm³/mol. The van der Waals surface area contributed by atoms with Crippen LogP contribution in [-0.4, -0.2) is 5.11 Å². The van der Waals surface area contributed by atoms with Crippen molar-refractivity contribution in [2.45, 2.75) is 18.4 Å². The molecule has 0 aliphatic carbocycles. The summed E-state index contributed by atoms with van der Waals surface area (Å²) in [6.45, 7) is 0. The van der Waals surface area contributed by atoms with Gasteiger partial charge in [-0.05, 0) is 5.56 Å². The van der Waals surface area contributed by atoms with Crippen LogP contribution in [0.1, 0.15) is 18.4 Å². The van der Waals surface area contributed by atoms with Crippen LogP contribution in [0.15, 0.2) is 30.3 Å². The Kier molecular flexibility index (Phi) is 3.23. The second-order valence-corrected chi connectivity index (χ2v) is 3.07. The predicted octanol–water partition coefficient (Wildman–Crippen LogP) is 1.70. The Bertz CT molecular complexity index is 357. The van der Waals surface area contributed by atoms with Gasteiger partial charge in [0, 0.05) is 0 Å². The van der Waals surface area contributed by atoms with E-state index in [0.717, 1.165) is 0 Å². The number of benzene rings is 1. The zero-order valence-electron chi connectivity index (χ0n) is 7.64. The Morgan fingerprint density at radius 3 is 2.00 bits per heavy atom. The normalized spacial score (nSPS) is 10.2. The van der Waals surface area contributed by atoms with Gasteiger partial charge < -0.3 is 5.11 Å². The first-order chi connectivity index (χ1) is 6.73. The third-order valence-electron chi connectivity index (χ3n) is 2.05. The lowest BCUT2D eigenvalue weighted by Crippen LogP contribution is -2.24. The van der Waals surface area contributed by atoms with Gasteiger partial charge in [-0.15, -0.1) is 0 Å². The minimum absolute atomic E-state index is 0.0649. The van der Waals surface area contributed by atoms with E-state index in [1.807, 2.05) is 18.2 Å². The molecule has 0 unspecified atom stereocenters. The maximum atomic E-state index is 10.0. The van der Waals surface area contributed by atoms with E-state index in [-0.39, 0.29) is 12.8 Å². The number of hydrogen-bond acceptors (Lipinski definition) is 3. The summed E-state index contributed by atoms with van der Waals surface area (Å²) >= 11 is 0. The standard InChI is InChI=1S/C11H10N2O/c12-8-6-11(14,7-9-13)10-4-2-1-3-5-10/h1-5,14H,6-7H2. The molecule has 1 aromatic rings. The van der Waals surface area contributed by atoms with Gasteiger partial charge in [0.2, 0.25) is 0 Å². The van der Waals surface area contributed by atoms with Crippen molar-refractivity contribution in [1.29, 1.82) is 10.5 Å². The summed E-state index contributed by atoms with van der Waals surface area (Å²) in [5, 5.41) is 27.2. The molecule has 0 atom stereocenters. The summed E-state index contributed by atoms with van der Waals surface area (Å²) in [6, 6.07) is 12.6. The van der Waals surface area contributed by atoms with Crippen LogP contribution in [0.5, 0.6) is 0 Å². The van der Waals surface area contributed by atoms with Crippen molar-refractivity contribution < 1.29 is 5.11 Å². The summed E-state index contributed by atoms with van der Waals surface area (Å²) in [7, 11) is 0. The second-order valence-electron chi connectivity index (χ2n) is 3.07. The molecular formula is C11H10N2O. The summed E-state index contributed by atoms with van der Waals surface area (Å²) in [5.74, 6) is 0. The lowest BCUT2D eigenvalue weighted by Gasteiger charge is -2.22. The van der Waals surface area contributed by atoms with E-state index < -0.39 is 5.60 Å². The van der Waals surface area contributed by atoms with Crippen LogP contribution in [0.2, 0.25) is 0 Å². The van der Waals surface area contributed by atoms with Gasteiger partial charge in [0.05, 0.1) is 25.0 Å². The highest BCUT2D eigenvalue weighted by Gasteiger charge is 2.28. The van der Waals surface area contributed by atoms with Crippen molar-refractivity contribution in [3.63, 3.8) is 0 Å². The van der Waals surface area contributed by atoms with Gasteiger partial charge in [0.25, 0.3) is 0 Å². The van der Waals surface area contributed by atoms with E-state index >= 15 is 0 Å². The first-order valence-electron chi connectivity index (χ1n) is 4.25. The van der Waals surface area contributed by atoms with Gasteiger partial charge in [0.1, 0.15) is 5.60 Å². The van der Waals surface area contributed by atoms with Crippen LogP contribution < -0.4 is 0 Å². The summed E-state index contributed by atoms with van der Waals surface area (Å²) < 4.78 is 0. The Labute approximate surface area is 82.8 Å². The van der Waals surface area contributed by atoms with Crippen LogP contribution in [0.3, 0.4) is 0 Å². The fourth-order valence-electron chi connectivity index (χ4n) is 1.28. The first kappa shape index (κ1) is 10.2. The lowest BCUT2D eigenvalue weighted by molar-refractivity contribution is 0.0465. The molecular weight excluding hydrogens is 176 g/mol. The highest BCUT2D eigenvalue weighted by Crippen LogP contribution is 2.27. The van der Waals surface area contributed by atoms with Crippen molar-refractivity contribution >= 4 is 0 Å². The first-order valence-corrected chi connectivity index (χ1v) is 4.25. The molecule has 70 valence electrons. The number of aliphatic hydroxyl groups is 1. The van der Waals surface area contributed by atoms with Gasteiger partial charge >= 0.3 is 0 Å². The van der Waals surface area contributed by atoms with Crippen LogP contribution in [0.25, 0.3) is 0 Å². The second kappa shape index (κ2) is 4.41. The average molecular weight is 186 g/mol. The van der Waals surface area contributed by atoms with Crippen molar-refractivity contribution in [3.8, 4) is 12.1 Å². The van der Waals surface area contributed by atoms with E-state index in [1.165, 1.54) is 0 Å². The molecule has 0 fully saturated rings. The van der Waals surface area contributed by atoms with Crippen LogP contribution >= 0.6 is 0 Å².